The Bertz CT molecular complexity index is 538. The molecule has 0 unspecified atom stereocenters. The summed E-state index contributed by atoms with van der Waals surface area (Å²) in [5.74, 6) is 1.47. The maximum absolute atomic E-state index is 8.96. The highest BCUT2D eigenvalue weighted by Crippen LogP contribution is 2.20. The van der Waals surface area contributed by atoms with Crippen molar-refractivity contribution in [2.45, 2.75) is 13.2 Å². The number of nitrogen functional groups attached to an aromatic ring is 1. The summed E-state index contributed by atoms with van der Waals surface area (Å²) >= 11 is 0. The van der Waals surface area contributed by atoms with Crippen molar-refractivity contribution < 1.29 is 14.6 Å². The van der Waals surface area contributed by atoms with Crippen LogP contribution in [0.1, 0.15) is 11.1 Å². The Morgan fingerprint density at radius 2 is 1.74 bits per heavy atom. The lowest BCUT2D eigenvalue weighted by atomic mass is 10.2. The van der Waals surface area contributed by atoms with E-state index in [9.17, 15) is 0 Å². The number of hydrogen-bond acceptors (Lipinski definition) is 4. The molecule has 0 heterocycles. The molecule has 0 fully saturated rings. The molecule has 100 valence electrons. The summed E-state index contributed by atoms with van der Waals surface area (Å²) in [6.45, 7) is 0.451. The lowest BCUT2D eigenvalue weighted by molar-refractivity contribution is 0.280. The minimum absolute atomic E-state index is 0.0344. The Kier molecular flexibility index (Phi) is 4.26. The van der Waals surface area contributed by atoms with Crippen molar-refractivity contribution in [3.63, 3.8) is 0 Å². The van der Waals surface area contributed by atoms with Gasteiger partial charge in [0.25, 0.3) is 0 Å². The minimum atomic E-state index is 0.0344. The predicted octanol–water partition coefficient (Wildman–Crippen LogP) is 2.35. The third-order valence-corrected chi connectivity index (χ3v) is 2.74. The third-order valence-electron chi connectivity index (χ3n) is 2.74. The number of aliphatic hydroxyl groups is 1. The monoisotopic (exact) mass is 259 g/mol. The van der Waals surface area contributed by atoms with Crippen LogP contribution < -0.4 is 15.2 Å². The van der Waals surface area contributed by atoms with Crippen LogP contribution in [0.2, 0.25) is 0 Å². The first-order chi connectivity index (χ1) is 9.21. The van der Waals surface area contributed by atoms with Crippen molar-refractivity contribution in [3.8, 4) is 11.5 Å². The predicted molar refractivity (Wildman–Crippen MR) is 74.1 cm³/mol. The van der Waals surface area contributed by atoms with Crippen LogP contribution in [-0.4, -0.2) is 12.2 Å². The van der Waals surface area contributed by atoms with Crippen molar-refractivity contribution in [2.75, 3.05) is 12.8 Å². The first-order valence-corrected chi connectivity index (χ1v) is 5.97. The van der Waals surface area contributed by atoms with Gasteiger partial charge in [-0.15, -0.1) is 0 Å². The molecule has 0 bridgehead atoms. The quantitative estimate of drug-likeness (QED) is 0.809. The maximum Gasteiger partial charge on any atom is 0.121 e. The van der Waals surface area contributed by atoms with E-state index in [0.717, 1.165) is 16.9 Å². The van der Waals surface area contributed by atoms with Gasteiger partial charge in [0.05, 0.1) is 13.7 Å². The fraction of sp³-hybridized carbons (Fsp3) is 0.200. The van der Waals surface area contributed by atoms with Gasteiger partial charge in [-0.3, -0.25) is 0 Å². The first kappa shape index (κ1) is 13.2. The van der Waals surface area contributed by atoms with E-state index in [2.05, 4.69) is 0 Å². The summed E-state index contributed by atoms with van der Waals surface area (Å²) in [4.78, 5) is 0. The smallest absolute Gasteiger partial charge is 0.121 e. The molecule has 0 saturated carbocycles. The topological polar surface area (TPSA) is 64.7 Å². The number of rotatable bonds is 5. The Hall–Kier alpha value is -2.20. The Morgan fingerprint density at radius 1 is 1.00 bits per heavy atom. The number of aliphatic hydroxyl groups excluding tert-OH is 1. The Balaban J connectivity index is 2.03. The van der Waals surface area contributed by atoms with E-state index in [-0.39, 0.29) is 6.61 Å². The molecule has 0 atom stereocenters. The SMILES string of the molecule is COc1cc(N)cc(COc2ccc(CO)cc2)c1. The van der Waals surface area contributed by atoms with E-state index in [1.807, 2.05) is 36.4 Å². The minimum Gasteiger partial charge on any atom is -0.497 e. The van der Waals surface area contributed by atoms with Gasteiger partial charge in [0.2, 0.25) is 0 Å². The molecule has 0 amide bonds. The standard InChI is InChI=1S/C15H17NO3/c1-18-15-7-12(6-13(16)8-15)10-19-14-4-2-11(9-17)3-5-14/h2-8,17H,9-10,16H2,1H3. The van der Waals surface area contributed by atoms with Crippen molar-refractivity contribution >= 4 is 5.69 Å². The molecular weight excluding hydrogens is 242 g/mol. The fourth-order valence-electron chi connectivity index (χ4n) is 1.75. The van der Waals surface area contributed by atoms with Crippen LogP contribution in [0.4, 0.5) is 5.69 Å². The molecule has 0 aliphatic carbocycles. The molecule has 0 aromatic heterocycles. The van der Waals surface area contributed by atoms with Crippen molar-refractivity contribution in [3.05, 3.63) is 53.6 Å². The summed E-state index contributed by atoms with van der Waals surface area (Å²) in [5.41, 5.74) is 8.23. The highest BCUT2D eigenvalue weighted by atomic mass is 16.5. The van der Waals surface area contributed by atoms with Crippen LogP contribution >= 0.6 is 0 Å². The van der Waals surface area contributed by atoms with E-state index in [0.29, 0.717) is 18.0 Å². The average molecular weight is 259 g/mol. The summed E-state index contributed by atoms with van der Waals surface area (Å²) in [6, 6.07) is 12.8. The van der Waals surface area contributed by atoms with Gasteiger partial charge in [0, 0.05) is 11.8 Å². The molecule has 0 aliphatic heterocycles. The summed E-state index contributed by atoms with van der Waals surface area (Å²) in [5, 5.41) is 8.96. The molecule has 2 aromatic carbocycles. The van der Waals surface area contributed by atoms with Gasteiger partial charge >= 0.3 is 0 Å². The summed E-state index contributed by atoms with van der Waals surface area (Å²) < 4.78 is 10.8. The highest BCUT2D eigenvalue weighted by Gasteiger charge is 2.01. The largest absolute Gasteiger partial charge is 0.497 e. The molecule has 0 radical (unpaired) electrons. The van der Waals surface area contributed by atoms with Gasteiger partial charge in [0.15, 0.2) is 0 Å². The van der Waals surface area contributed by atoms with Crippen LogP contribution in [0.3, 0.4) is 0 Å². The molecule has 2 rings (SSSR count). The lowest BCUT2D eigenvalue weighted by Gasteiger charge is -2.09. The van der Waals surface area contributed by atoms with Crippen LogP contribution in [0.25, 0.3) is 0 Å². The molecular formula is C15H17NO3. The second-order valence-corrected chi connectivity index (χ2v) is 4.21. The van der Waals surface area contributed by atoms with E-state index in [1.165, 1.54) is 0 Å². The van der Waals surface area contributed by atoms with Gasteiger partial charge in [-0.1, -0.05) is 12.1 Å². The number of benzene rings is 2. The molecule has 3 N–H and O–H groups in total. The number of nitrogens with two attached hydrogens (primary N) is 1. The van der Waals surface area contributed by atoms with Crippen LogP contribution in [-0.2, 0) is 13.2 Å². The first-order valence-electron chi connectivity index (χ1n) is 5.97. The second-order valence-electron chi connectivity index (χ2n) is 4.21. The molecule has 0 saturated heterocycles. The second kappa shape index (κ2) is 6.11. The molecule has 0 aliphatic rings. The van der Waals surface area contributed by atoms with Gasteiger partial charge < -0.3 is 20.3 Å². The zero-order valence-corrected chi connectivity index (χ0v) is 10.8. The van der Waals surface area contributed by atoms with Crippen molar-refractivity contribution in [1.29, 1.82) is 0 Å². The third kappa shape index (κ3) is 3.63. The zero-order valence-electron chi connectivity index (χ0n) is 10.8. The molecule has 4 nitrogen and oxygen atoms in total. The van der Waals surface area contributed by atoms with Crippen molar-refractivity contribution in [1.82, 2.24) is 0 Å². The number of anilines is 1. The van der Waals surface area contributed by atoms with Gasteiger partial charge in [-0.2, -0.15) is 0 Å². The molecule has 19 heavy (non-hydrogen) atoms. The van der Waals surface area contributed by atoms with E-state index in [1.54, 1.807) is 13.2 Å². The Labute approximate surface area is 112 Å². The van der Waals surface area contributed by atoms with Crippen LogP contribution in [0.15, 0.2) is 42.5 Å². The van der Waals surface area contributed by atoms with E-state index < -0.39 is 0 Å². The molecule has 0 spiro atoms. The average Bonchev–Trinajstić information content (AvgIpc) is 2.45. The number of hydrogen-bond donors (Lipinski definition) is 2. The zero-order chi connectivity index (χ0) is 13.7. The fourth-order valence-corrected chi connectivity index (χ4v) is 1.75. The van der Waals surface area contributed by atoms with E-state index in [4.69, 9.17) is 20.3 Å². The summed E-state index contributed by atoms with van der Waals surface area (Å²) in [7, 11) is 1.60. The van der Waals surface area contributed by atoms with Crippen molar-refractivity contribution in [2.24, 2.45) is 0 Å². The van der Waals surface area contributed by atoms with Gasteiger partial charge in [-0.05, 0) is 35.4 Å². The summed E-state index contributed by atoms with van der Waals surface area (Å²) in [6.07, 6.45) is 0. The maximum atomic E-state index is 8.96. The van der Waals surface area contributed by atoms with Crippen LogP contribution in [0.5, 0.6) is 11.5 Å². The molecule has 4 heteroatoms. The number of methoxy groups -OCH3 is 1. The van der Waals surface area contributed by atoms with Gasteiger partial charge in [-0.25, -0.2) is 0 Å². The lowest BCUT2D eigenvalue weighted by Crippen LogP contribution is -1.98. The molecule has 2 aromatic rings. The Morgan fingerprint density at radius 3 is 2.37 bits per heavy atom. The van der Waals surface area contributed by atoms with Gasteiger partial charge in [0.1, 0.15) is 18.1 Å². The normalized spacial score (nSPS) is 10.2. The highest BCUT2D eigenvalue weighted by molar-refractivity contribution is 5.47. The van der Waals surface area contributed by atoms with Crippen LogP contribution in [0, 0.1) is 0 Å². The van der Waals surface area contributed by atoms with E-state index >= 15 is 0 Å². The number of ether oxygens (including phenoxy) is 2.